The van der Waals surface area contributed by atoms with Gasteiger partial charge >= 0.3 is 0 Å². The number of hydrogen-bond donors (Lipinski definition) is 1. The van der Waals surface area contributed by atoms with Crippen molar-refractivity contribution in [2.75, 3.05) is 0 Å². The molecule has 0 radical (unpaired) electrons. The van der Waals surface area contributed by atoms with Crippen LogP contribution in [0.15, 0.2) is 59.7 Å². The van der Waals surface area contributed by atoms with E-state index in [4.69, 9.17) is 12.2 Å². The summed E-state index contributed by atoms with van der Waals surface area (Å²) in [5.74, 6) is 0.838. The van der Waals surface area contributed by atoms with Gasteiger partial charge in [-0.05, 0) is 41.7 Å². The molecule has 0 unspecified atom stereocenters. The third kappa shape index (κ3) is 4.06. The molecule has 24 heavy (non-hydrogen) atoms. The van der Waals surface area contributed by atoms with Crippen LogP contribution in [0.2, 0.25) is 0 Å². The summed E-state index contributed by atoms with van der Waals surface area (Å²) in [6, 6.07) is 18.7. The van der Waals surface area contributed by atoms with E-state index >= 15 is 0 Å². The van der Waals surface area contributed by atoms with Gasteiger partial charge in [0, 0.05) is 6.42 Å². The molecule has 0 aliphatic rings. The number of benzene rings is 2. The van der Waals surface area contributed by atoms with Crippen LogP contribution in [0, 0.1) is 4.77 Å². The third-order valence-corrected chi connectivity index (χ3v) is 4.17. The second kappa shape index (κ2) is 7.84. The van der Waals surface area contributed by atoms with Crippen LogP contribution in [-0.2, 0) is 19.3 Å². The average Bonchev–Trinajstić information content (AvgIpc) is 2.99. The van der Waals surface area contributed by atoms with Crippen molar-refractivity contribution >= 4 is 18.4 Å². The molecule has 4 nitrogen and oxygen atoms in total. The minimum atomic E-state index is 0.513. The van der Waals surface area contributed by atoms with Gasteiger partial charge in [-0.3, -0.25) is 5.10 Å². The lowest BCUT2D eigenvalue weighted by atomic mass is 10.1. The van der Waals surface area contributed by atoms with Crippen molar-refractivity contribution in [2.45, 2.75) is 26.2 Å². The average molecular weight is 336 g/mol. The molecule has 0 saturated carbocycles. The zero-order valence-electron chi connectivity index (χ0n) is 13.6. The summed E-state index contributed by atoms with van der Waals surface area (Å²) in [5, 5.41) is 11.6. The van der Waals surface area contributed by atoms with Crippen molar-refractivity contribution in [1.29, 1.82) is 0 Å². The lowest BCUT2D eigenvalue weighted by Gasteiger charge is -2.02. The number of H-pyrrole nitrogens is 1. The molecule has 0 aliphatic heterocycles. The van der Waals surface area contributed by atoms with E-state index in [2.05, 4.69) is 58.6 Å². The first-order valence-corrected chi connectivity index (χ1v) is 8.50. The predicted octanol–water partition coefficient (Wildman–Crippen LogP) is 4.17. The number of nitrogens with zero attached hydrogens (tertiary/aromatic N) is 3. The normalized spacial score (nSPS) is 11.2. The van der Waals surface area contributed by atoms with Gasteiger partial charge in [-0.25, -0.2) is 0 Å². The molecule has 0 fully saturated rings. The van der Waals surface area contributed by atoms with Crippen LogP contribution in [0.4, 0.5) is 0 Å². The van der Waals surface area contributed by atoms with Crippen molar-refractivity contribution in [2.24, 2.45) is 5.10 Å². The van der Waals surface area contributed by atoms with Crippen LogP contribution in [0.25, 0.3) is 0 Å². The highest BCUT2D eigenvalue weighted by Crippen LogP contribution is 2.07. The Balaban J connectivity index is 1.74. The molecule has 0 amide bonds. The largest absolute Gasteiger partial charge is 0.250 e. The molecule has 2 aromatic carbocycles. The van der Waals surface area contributed by atoms with E-state index in [9.17, 15) is 0 Å². The molecule has 0 aliphatic carbocycles. The van der Waals surface area contributed by atoms with Crippen LogP contribution in [-0.4, -0.2) is 21.1 Å². The van der Waals surface area contributed by atoms with E-state index < -0.39 is 0 Å². The zero-order valence-corrected chi connectivity index (χ0v) is 14.5. The molecule has 0 atom stereocenters. The molecule has 0 spiro atoms. The Kier molecular flexibility index (Phi) is 5.33. The highest BCUT2D eigenvalue weighted by molar-refractivity contribution is 7.71. The Morgan fingerprint density at radius 3 is 2.50 bits per heavy atom. The van der Waals surface area contributed by atoms with Gasteiger partial charge in [-0.15, -0.1) is 0 Å². The molecule has 3 rings (SSSR count). The molecule has 0 saturated heterocycles. The zero-order chi connectivity index (χ0) is 16.8. The van der Waals surface area contributed by atoms with E-state index in [-0.39, 0.29) is 0 Å². The first-order valence-electron chi connectivity index (χ1n) is 8.10. The van der Waals surface area contributed by atoms with E-state index in [0.717, 1.165) is 30.7 Å². The summed E-state index contributed by atoms with van der Waals surface area (Å²) in [4.78, 5) is 0. The number of aryl methyl sites for hydroxylation is 3. The van der Waals surface area contributed by atoms with Crippen molar-refractivity contribution in [3.8, 4) is 0 Å². The first-order chi connectivity index (χ1) is 11.8. The van der Waals surface area contributed by atoms with Gasteiger partial charge in [0.2, 0.25) is 4.77 Å². The van der Waals surface area contributed by atoms with E-state index in [1.807, 2.05) is 24.4 Å². The van der Waals surface area contributed by atoms with Gasteiger partial charge in [0.25, 0.3) is 0 Å². The van der Waals surface area contributed by atoms with Crippen LogP contribution in [0.1, 0.15) is 29.4 Å². The fourth-order valence-corrected chi connectivity index (χ4v) is 2.67. The SMILES string of the molecule is CCc1ccc(/C=N\n2c(CCc3ccccc3)n[nH]c2=S)cc1. The summed E-state index contributed by atoms with van der Waals surface area (Å²) in [7, 11) is 0. The lowest BCUT2D eigenvalue weighted by Crippen LogP contribution is -2.01. The summed E-state index contributed by atoms with van der Waals surface area (Å²) in [5.41, 5.74) is 3.64. The minimum absolute atomic E-state index is 0.513. The Morgan fingerprint density at radius 2 is 1.79 bits per heavy atom. The second-order valence-corrected chi connectivity index (χ2v) is 5.97. The van der Waals surface area contributed by atoms with Crippen molar-refractivity contribution in [3.05, 3.63) is 81.9 Å². The van der Waals surface area contributed by atoms with Gasteiger partial charge in [-0.1, -0.05) is 61.5 Å². The molecule has 1 aromatic heterocycles. The monoisotopic (exact) mass is 336 g/mol. The quantitative estimate of drug-likeness (QED) is 0.542. The minimum Gasteiger partial charge on any atom is -0.250 e. The highest BCUT2D eigenvalue weighted by atomic mass is 32.1. The van der Waals surface area contributed by atoms with Crippen LogP contribution >= 0.6 is 12.2 Å². The van der Waals surface area contributed by atoms with Crippen molar-refractivity contribution < 1.29 is 0 Å². The van der Waals surface area contributed by atoms with Gasteiger partial charge in [0.1, 0.15) is 0 Å². The summed E-state index contributed by atoms with van der Waals surface area (Å²) in [6.07, 6.45) is 4.54. The molecule has 122 valence electrons. The molecular weight excluding hydrogens is 316 g/mol. The first kappa shape index (κ1) is 16.3. The highest BCUT2D eigenvalue weighted by Gasteiger charge is 2.05. The molecule has 1 N–H and O–H groups in total. The fourth-order valence-electron chi connectivity index (χ4n) is 2.47. The van der Waals surface area contributed by atoms with Gasteiger partial charge in [0.15, 0.2) is 5.82 Å². The van der Waals surface area contributed by atoms with Crippen LogP contribution in [0.3, 0.4) is 0 Å². The fraction of sp³-hybridized carbons (Fsp3) is 0.211. The van der Waals surface area contributed by atoms with Crippen molar-refractivity contribution in [3.63, 3.8) is 0 Å². The molecule has 3 aromatic rings. The summed E-state index contributed by atoms with van der Waals surface area (Å²) in [6.45, 7) is 2.15. The Morgan fingerprint density at radius 1 is 1.04 bits per heavy atom. The molecule has 0 bridgehead atoms. The Bertz CT molecular complexity index is 860. The molecular formula is C19H20N4S. The van der Waals surface area contributed by atoms with Gasteiger partial charge < -0.3 is 0 Å². The predicted molar refractivity (Wildman–Crippen MR) is 100 cm³/mol. The molecule has 1 heterocycles. The lowest BCUT2D eigenvalue weighted by molar-refractivity contribution is 0.750. The maximum atomic E-state index is 5.29. The number of rotatable bonds is 6. The third-order valence-electron chi connectivity index (χ3n) is 3.91. The van der Waals surface area contributed by atoms with Crippen molar-refractivity contribution in [1.82, 2.24) is 14.9 Å². The summed E-state index contributed by atoms with van der Waals surface area (Å²) < 4.78 is 2.21. The Labute approximate surface area is 146 Å². The van der Waals surface area contributed by atoms with Crippen LogP contribution in [0.5, 0.6) is 0 Å². The van der Waals surface area contributed by atoms with Gasteiger partial charge in [0.05, 0.1) is 6.21 Å². The van der Waals surface area contributed by atoms with Crippen LogP contribution < -0.4 is 0 Å². The van der Waals surface area contributed by atoms with E-state index in [1.165, 1.54) is 11.1 Å². The standard InChI is InChI=1S/C19H20N4S/c1-2-15-8-10-17(11-9-15)14-20-23-18(21-22-19(23)24)13-12-16-6-4-3-5-7-16/h3-11,14H,2,12-13H2,1H3,(H,22,24)/b20-14-. The van der Waals surface area contributed by atoms with Gasteiger partial charge in [-0.2, -0.15) is 14.9 Å². The molecule has 5 heteroatoms. The maximum absolute atomic E-state index is 5.29. The Hall–Kier alpha value is -2.53. The number of aromatic amines is 1. The van der Waals surface area contributed by atoms with E-state index in [0.29, 0.717) is 4.77 Å². The van der Waals surface area contributed by atoms with E-state index in [1.54, 1.807) is 4.68 Å². The smallest absolute Gasteiger partial charge is 0.216 e. The number of nitrogens with one attached hydrogen (secondary N) is 1. The summed E-state index contributed by atoms with van der Waals surface area (Å²) >= 11 is 5.29. The number of hydrogen-bond acceptors (Lipinski definition) is 3. The number of aromatic nitrogens is 3. The second-order valence-electron chi connectivity index (χ2n) is 5.58. The maximum Gasteiger partial charge on any atom is 0.216 e. The topological polar surface area (TPSA) is 46.0 Å².